The van der Waals surface area contributed by atoms with Crippen molar-refractivity contribution in [1.82, 2.24) is 20.1 Å². The first kappa shape index (κ1) is 26.3. The standard InChI is InChI=1S/C28H29FN6O3/c1-17-6-8-18(9-7-17)35-25(16-24(34-35)28(2,3)4)33-27(37)32-22-11-10-19(14-21(22)29)38-20-12-13-31-23(15-20)26(36)30-5/h6-16H,1-5H3,(H,30,36)(H2,32,33,37). The fraction of sp³-hybridized carbons (Fsp3) is 0.214. The average molecular weight is 517 g/mol. The Morgan fingerprint density at radius 3 is 2.32 bits per heavy atom. The summed E-state index contributed by atoms with van der Waals surface area (Å²) in [6.45, 7) is 8.08. The largest absolute Gasteiger partial charge is 0.457 e. The number of halogens is 1. The molecule has 0 aliphatic rings. The topological polar surface area (TPSA) is 110 Å². The fourth-order valence-corrected chi connectivity index (χ4v) is 3.51. The van der Waals surface area contributed by atoms with E-state index in [1.165, 1.54) is 31.4 Å². The van der Waals surface area contributed by atoms with E-state index in [1.807, 2.05) is 52.0 Å². The quantitative estimate of drug-likeness (QED) is 0.300. The number of carbonyl (C=O) groups excluding carboxylic acids is 2. The first-order chi connectivity index (χ1) is 18.0. The maximum atomic E-state index is 14.8. The van der Waals surface area contributed by atoms with Gasteiger partial charge in [0, 0.05) is 36.9 Å². The molecule has 0 fully saturated rings. The zero-order chi connectivity index (χ0) is 27.4. The van der Waals surface area contributed by atoms with E-state index in [-0.39, 0.29) is 28.5 Å². The number of carbonyl (C=O) groups is 2. The molecule has 2 aromatic heterocycles. The lowest BCUT2D eigenvalue weighted by Crippen LogP contribution is -2.22. The molecule has 0 unspecified atom stereocenters. The molecule has 2 aromatic carbocycles. The molecule has 0 atom stereocenters. The predicted octanol–water partition coefficient (Wildman–Crippen LogP) is 5.81. The monoisotopic (exact) mass is 516 g/mol. The lowest BCUT2D eigenvalue weighted by Gasteiger charge is -2.14. The summed E-state index contributed by atoms with van der Waals surface area (Å²) in [6.07, 6.45) is 1.42. The minimum atomic E-state index is -0.694. The van der Waals surface area contributed by atoms with Gasteiger partial charge >= 0.3 is 6.03 Å². The van der Waals surface area contributed by atoms with Gasteiger partial charge in [0.05, 0.1) is 17.1 Å². The van der Waals surface area contributed by atoms with Crippen LogP contribution in [0.3, 0.4) is 0 Å². The Morgan fingerprint density at radius 1 is 0.947 bits per heavy atom. The summed E-state index contributed by atoms with van der Waals surface area (Å²) in [5.41, 5.74) is 2.55. The van der Waals surface area contributed by atoms with Crippen molar-refractivity contribution in [3.63, 3.8) is 0 Å². The van der Waals surface area contributed by atoms with Crippen LogP contribution < -0.4 is 20.7 Å². The van der Waals surface area contributed by atoms with Crippen molar-refractivity contribution in [1.29, 1.82) is 0 Å². The summed E-state index contributed by atoms with van der Waals surface area (Å²) in [6, 6.07) is 16.0. The smallest absolute Gasteiger partial charge is 0.324 e. The highest BCUT2D eigenvalue weighted by molar-refractivity contribution is 5.99. The Hall–Kier alpha value is -4.73. The van der Waals surface area contributed by atoms with Crippen LogP contribution in [0.2, 0.25) is 0 Å². The van der Waals surface area contributed by atoms with Crippen LogP contribution in [0.4, 0.5) is 20.7 Å². The molecule has 0 bridgehead atoms. The van der Waals surface area contributed by atoms with Crippen LogP contribution in [0.1, 0.15) is 42.5 Å². The molecule has 0 spiro atoms. The molecule has 3 amide bonds. The molecule has 10 heteroatoms. The van der Waals surface area contributed by atoms with E-state index in [4.69, 9.17) is 4.74 Å². The summed E-state index contributed by atoms with van der Waals surface area (Å²) in [4.78, 5) is 28.6. The summed E-state index contributed by atoms with van der Waals surface area (Å²) >= 11 is 0. The highest BCUT2D eigenvalue weighted by Crippen LogP contribution is 2.28. The van der Waals surface area contributed by atoms with Gasteiger partial charge in [0.15, 0.2) is 0 Å². The van der Waals surface area contributed by atoms with Crippen LogP contribution in [0, 0.1) is 12.7 Å². The molecule has 3 N–H and O–H groups in total. The van der Waals surface area contributed by atoms with E-state index < -0.39 is 11.8 Å². The molecule has 0 saturated carbocycles. The van der Waals surface area contributed by atoms with E-state index in [0.29, 0.717) is 11.6 Å². The first-order valence-electron chi connectivity index (χ1n) is 11.9. The van der Waals surface area contributed by atoms with Gasteiger partial charge in [-0.15, -0.1) is 0 Å². The van der Waals surface area contributed by atoms with Crippen molar-refractivity contribution in [2.24, 2.45) is 0 Å². The average Bonchev–Trinajstić information content (AvgIpc) is 3.30. The Kier molecular flexibility index (Phi) is 7.43. The molecule has 4 rings (SSSR count). The zero-order valence-electron chi connectivity index (χ0n) is 21.8. The van der Waals surface area contributed by atoms with Crippen molar-refractivity contribution in [3.05, 3.63) is 89.6 Å². The summed E-state index contributed by atoms with van der Waals surface area (Å²) < 4.78 is 22.1. The normalized spacial score (nSPS) is 11.1. The maximum Gasteiger partial charge on any atom is 0.324 e. The third-order valence-electron chi connectivity index (χ3n) is 5.61. The maximum absolute atomic E-state index is 14.8. The highest BCUT2D eigenvalue weighted by atomic mass is 19.1. The van der Waals surface area contributed by atoms with Gasteiger partial charge in [-0.1, -0.05) is 38.5 Å². The molecule has 0 radical (unpaired) electrons. The number of nitrogens with zero attached hydrogens (tertiary/aromatic N) is 3. The molecule has 4 aromatic rings. The van der Waals surface area contributed by atoms with Crippen LogP contribution in [-0.2, 0) is 5.41 Å². The molecular weight excluding hydrogens is 487 g/mol. The fourth-order valence-electron chi connectivity index (χ4n) is 3.51. The van der Waals surface area contributed by atoms with Crippen LogP contribution in [-0.4, -0.2) is 33.8 Å². The van der Waals surface area contributed by atoms with Gasteiger partial charge in [0.2, 0.25) is 0 Å². The zero-order valence-corrected chi connectivity index (χ0v) is 21.8. The first-order valence-corrected chi connectivity index (χ1v) is 11.9. The number of amides is 3. The molecule has 196 valence electrons. The Morgan fingerprint density at radius 2 is 1.66 bits per heavy atom. The van der Waals surface area contributed by atoms with E-state index in [0.717, 1.165) is 23.0 Å². The van der Waals surface area contributed by atoms with Crippen LogP contribution >= 0.6 is 0 Å². The molecule has 0 aliphatic heterocycles. The van der Waals surface area contributed by atoms with E-state index in [9.17, 15) is 14.0 Å². The number of anilines is 2. The van der Waals surface area contributed by atoms with Gasteiger partial charge < -0.3 is 15.4 Å². The van der Waals surface area contributed by atoms with Gasteiger partial charge in [-0.3, -0.25) is 15.1 Å². The second kappa shape index (κ2) is 10.7. The van der Waals surface area contributed by atoms with Gasteiger partial charge in [-0.25, -0.2) is 13.9 Å². The number of benzene rings is 2. The van der Waals surface area contributed by atoms with Crippen molar-refractivity contribution in [2.75, 3.05) is 17.7 Å². The molecule has 0 aliphatic carbocycles. The highest BCUT2D eigenvalue weighted by Gasteiger charge is 2.22. The minimum Gasteiger partial charge on any atom is -0.457 e. The number of ether oxygens (including phenoxy) is 1. The van der Waals surface area contributed by atoms with Gasteiger partial charge in [-0.05, 0) is 37.3 Å². The number of aryl methyl sites for hydroxylation is 1. The lowest BCUT2D eigenvalue weighted by atomic mass is 9.92. The van der Waals surface area contributed by atoms with E-state index >= 15 is 0 Å². The number of rotatable bonds is 6. The summed E-state index contributed by atoms with van der Waals surface area (Å²) in [7, 11) is 1.49. The molecule has 0 saturated heterocycles. The second-order valence-corrected chi connectivity index (χ2v) is 9.69. The van der Waals surface area contributed by atoms with Crippen molar-refractivity contribution < 1.29 is 18.7 Å². The Bertz CT molecular complexity index is 1470. The van der Waals surface area contributed by atoms with Crippen molar-refractivity contribution in [2.45, 2.75) is 33.1 Å². The van der Waals surface area contributed by atoms with Crippen molar-refractivity contribution in [3.8, 4) is 17.2 Å². The van der Waals surface area contributed by atoms with Gasteiger partial charge in [-0.2, -0.15) is 5.10 Å². The SMILES string of the molecule is CNC(=O)c1cc(Oc2ccc(NC(=O)Nc3cc(C(C)(C)C)nn3-c3ccc(C)cc3)c(F)c2)ccn1. The Labute approximate surface area is 220 Å². The number of urea groups is 1. The number of hydrogen-bond donors (Lipinski definition) is 3. The molecule has 2 heterocycles. The third-order valence-corrected chi connectivity index (χ3v) is 5.61. The number of nitrogens with one attached hydrogen (secondary N) is 3. The second-order valence-electron chi connectivity index (χ2n) is 9.69. The number of aromatic nitrogens is 3. The third kappa shape index (κ3) is 6.15. The van der Waals surface area contributed by atoms with E-state index in [1.54, 1.807) is 16.8 Å². The summed E-state index contributed by atoms with van der Waals surface area (Å²) in [5, 5.41) is 12.5. The Balaban J connectivity index is 1.50. The lowest BCUT2D eigenvalue weighted by molar-refractivity contribution is 0.0957. The number of hydrogen-bond acceptors (Lipinski definition) is 5. The van der Waals surface area contributed by atoms with Crippen LogP contribution in [0.25, 0.3) is 5.69 Å². The summed E-state index contributed by atoms with van der Waals surface area (Å²) in [5.74, 6) is -0.113. The van der Waals surface area contributed by atoms with Crippen LogP contribution in [0.15, 0.2) is 66.9 Å². The van der Waals surface area contributed by atoms with Gasteiger partial charge in [0.25, 0.3) is 5.91 Å². The van der Waals surface area contributed by atoms with Gasteiger partial charge in [0.1, 0.15) is 28.8 Å². The van der Waals surface area contributed by atoms with Crippen LogP contribution in [0.5, 0.6) is 11.5 Å². The number of pyridine rings is 1. The van der Waals surface area contributed by atoms with E-state index in [2.05, 4.69) is 26.0 Å². The molecular formula is C28H29FN6O3. The minimum absolute atomic E-state index is 0.0342. The molecule has 9 nitrogen and oxygen atoms in total. The molecule has 38 heavy (non-hydrogen) atoms. The van der Waals surface area contributed by atoms with Crippen molar-refractivity contribution >= 4 is 23.4 Å². The predicted molar refractivity (Wildman–Crippen MR) is 144 cm³/mol.